The molecule has 0 spiro atoms. The Bertz CT molecular complexity index is 850. The Morgan fingerprint density at radius 3 is 2.53 bits per heavy atom. The van der Waals surface area contributed by atoms with Gasteiger partial charge in [0.1, 0.15) is 12.4 Å². The third-order valence-electron chi connectivity index (χ3n) is 5.45. The Kier molecular flexibility index (Phi) is 9.81. The fraction of sp³-hybridized carbons (Fsp3) is 0.480. The molecular weight excluding hydrogens is 402 g/mol. The minimum absolute atomic E-state index is 0.678. The van der Waals surface area contributed by atoms with Crippen LogP contribution in [0.25, 0.3) is 0 Å². The number of nitrogens with one attached hydrogen (secondary N) is 2. The van der Waals surface area contributed by atoms with Crippen molar-refractivity contribution in [3.8, 4) is 5.75 Å². The van der Waals surface area contributed by atoms with Crippen LogP contribution in [0.1, 0.15) is 16.7 Å². The van der Waals surface area contributed by atoms with E-state index in [0.29, 0.717) is 13.2 Å². The zero-order valence-electron chi connectivity index (χ0n) is 19.6. The Hall–Kier alpha value is -2.61. The number of hydrogen-bond acceptors (Lipinski definition) is 5. The molecule has 0 radical (unpaired) electrons. The number of rotatable bonds is 10. The van der Waals surface area contributed by atoms with Crippen LogP contribution in [-0.4, -0.2) is 76.4 Å². The molecule has 1 saturated heterocycles. The molecule has 7 nitrogen and oxygen atoms in total. The summed E-state index contributed by atoms with van der Waals surface area (Å²) in [6.45, 7) is 7.55. The fourth-order valence-corrected chi connectivity index (χ4v) is 3.56. The van der Waals surface area contributed by atoms with Crippen LogP contribution in [0.15, 0.2) is 53.5 Å². The number of nitrogens with zero attached hydrogens (tertiary/aromatic N) is 3. The normalized spacial score (nSPS) is 15.1. The molecule has 3 rings (SSSR count). The summed E-state index contributed by atoms with van der Waals surface area (Å²) in [5, 5.41) is 6.86. The summed E-state index contributed by atoms with van der Waals surface area (Å²) < 4.78 is 11.3. The molecule has 0 amide bonds. The predicted octanol–water partition coefficient (Wildman–Crippen LogP) is 2.32. The summed E-state index contributed by atoms with van der Waals surface area (Å²) in [6.07, 6.45) is 0. The second-order valence-corrected chi connectivity index (χ2v) is 8.24. The van der Waals surface area contributed by atoms with E-state index in [1.807, 2.05) is 26.2 Å². The molecule has 0 saturated carbocycles. The lowest BCUT2D eigenvalue weighted by molar-refractivity contribution is 0.0341. The van der Waals surface area contributed by atoms with Crippen molar-refractivity contribution < 1.29 is 9.47 Å². The molecule has 2 N–H and O–H groups in total. The molecule has 0 atom stereocenters. The maximum absolute atomic E-state index is 5.84. The molecule has 7 heteroatoms. The van der Waals surface area contributed by atoms with Crippen molar-refractivity contribution in [3.05, 3.63) is 65.2 Å². The molecule has 32 heavy (non-hydrogen) atoms. The highest BCUT2D eigenvalue weighted by atomic mass is 16.5. The summed E-state index contributed by atoms with van der Waals surface area (Å²) in [4.78, 5) is 8.94. The lowest BCUT2D eigenvalue weighted by Gasteiger charge is -2.27. The van der Waals surface area contributed by atoms with E-state index in [4.69, 9.17) is 9.47 Å². The second kappa shape index (κ2) is 13.1. The first kappa shape index (κ1) is 24.0. The quantitative estimate of drug-likeness (QED) is 0.438. The molecule has 0 bridgehead atoms. The average molecular weight is 440 g/mol. The first-order valence-electron chi connectivity index (χ1n) is 11.3. The number of morpholine rings is 1. The lowest BCUT2D eigenvalue weighted by Crippen LogP contribution is -2.37. The standard InChI is InChI=1S/C25H37N5O2/c1-26-25(27-18-21-7-6-10-24(17-21)32-16-11-29(2)3)28-19-22-8-4-5-9-23(22)20-30-12-14-31-15-13-30/h4-10,17H,11-16,18-20H2,1-3H3,(H2,26,27,28). The van der Waals surface area contributed by atoms with Crippen LogP contribution in [0, 0.1) is 0 Å². The third kappa shape index (κ3) is 8.15. The van der Waals surface area contributed by atoms with Gasteiger partial charge in [0.25, 0.3) is 0 Å². The van der Waals surface area contributed by atoms with Crippen molar-refractivity contribution in [1.82, 2.24) is 20.4 Å². The largest absolute Gasteiger partial charge is 0.492 e. The van der Waals surface area contributed by atoms with Crippen LogP contribution in [-0.2, 0) is 24.4 Å². The van der Waals surface area contributed by atoms with Crippen LogP contribution in [0.3, 0.4) is 0 Å². The van der Waals surface area contributed by atoms with Gasteiger partial charge in [0.15, 0.2) is 5.96 Å². The van der Waals surface area contributed by atoms with E-state index >= 15 is 0 Å². The lowest BCUT2D eigenvalue weighted by atomic mass is 10.1. The SMILES string of the molecule is CN=C(NCc1cccc(OCCN(C)C)c1)NCc1ccccc1CN1CCOCC1. The summed E-state index contributed by atoms with van der Waals surface area (Å²) in [7, 11) is 5.89. The van der Waals surface area contributed by atoms with Gasteiger partial charge in [-0.3, -0.25) is 9.89 Å². The van der Waals surface area contributed by atoms with Gasteiger partial charge in [-0.1, -0.05) is 36.4 Å². The number of ether oxygens (including phenoxy) is 2. The summed E-state index contributed by atoms with van der Waals surface area (Å²) >= 11 is 0. The van der Waals surface area contributed by atoms with E-state index in [2.05, 4.69) is 61.8 Å². The van der Waals surface area contributed by atoms with Gasteiger partial charge in [0, 0.05) is 46.3 Å². The molecule has 1 heterocycles. The summed E-state index contributed by atoms with van der Waals surface area (Å²) in [5.41, 5.74) is 3.79. The number of hydrogen-bond donors (Lipinski definition) is 2. The van der Waals surface area contributed by atoms with Crippen molar-refractivity contribution in [3.63, 3.8) is 0 Å². The van der Waals surface area contributed by atoms with E-state index in [1.54, 1.807) is 7.05 Å². The Morgan fingerprint density at radius 1 is 1.03 bits per heavy atom. The van der Waals surface area contributed by atoms with Gasteiger partial charge < -0.3 is 25.0 Å². The zero-order chi connectivity index (χ0) is 22.6. The van der Waals surface area contributed by atoms with Crippen molar-refractivity contribution in [2.24, 2.45) is 4.99 Å². The highest BCUT2D eigenvalue weighted by Crippen LogP contribution is 2.14. The van der Waals surface area contributed by atoms with Crippen molar-refractivity contribution in [2.45, 2.75) is 19.6 Å². The molecule has 1 aliphatic rings. The van der Waals surface area contributed by atoms with Crippen molar-refractivity contribution >= 4 is 5.96 Å². The Labute approximate surface area is 192 Å². The van der Waals surface area contributed by atoms with E-state index in [-0.39, 0.29) is 0 Å². The fourth-order valence-electron chi connectivity index (χ4n) is 3.56. The molecule has 0 unspecified atom stereocenters. The van der Waals surface area contributed by atoms with Crippen LogP contribution >= 0.6 is 0 Å². The van der Waals surface area contributed by atoms with Crippen LogP contribution < -0.4 is 15.4 Å². The highest BCUT2D eigenvalue weighted by molar-refractivity contribution is 5.79. The first-order valence-corrected chi connectivity index (χ1v) is 11.3. The van der Waals surface area contributed by atoms with Gasteiger partial charge in [-0.25, -0.2) is 0 Å². The van der Waals surface area contributed by atoms with Gasteiger partial charge in [-0.2, -0.15) is 0 Å². The molecule has 1 fully saturated rings. The second-order valence-electron chi connectivity index (χ2n) is 8.24. The minimum Gasteiger partial charge on any atom is -0.492 e. The van der Waals surface area contributed by atoms with Gasteiger partial charge >= 0.3 is 0 Å². The summed E-state index contributed by atoms with van der Waals surface area (Å²) in [6, 6.07) is 16.8. The smallest absolute Gasteiger partial charge is 0.191 e. The molecule has 174 valence electrons. The van der Waals surface area contributed by atoms with Gasteiger partial charge in [-0.15, -0.1) is 0 Å². The van der Waals surface area contributed by atoms with Crippen LogP contribution in [0.5, 0.6) is 5.75 Å². The molecule has 2 aromatic rings. The van der Waals surface area contributed by atoms with E-state index in [0.717, 1.165) is 63.2 Å². The number of guanidine groups is 1. The maximum Gasteiger partial charge on any atom is 0.191 e. The molecule has 1 aliphatic heterocycles. The van der Waals surface area contributed by atoms with E-state index in [9.17, 15) is 0 Å². The predicted molar refractivity (Wildman–Crippen MR) is 130 cm³/mol. The number of aliphatic imine (C=N–C) groups is 1. The van der Waals surface area contributed by atoms with Crippen LogP contribution in [0.4, 0.5) is 0 Å². The van der Waals surface area contributed by atoms with E-state index in [1.165, 1.54) is 11.1 Å². The topological polar surface area (TPSA) is 61.4 Å². The van der Waals surface area contributed by atoms with E-state index < -0.39 is 0 Å². The van der Waals surface area contributed by atoms with Crippen molar-refractivity contribution in [2.75, 3.05) is 60.6 Å². The monoisotopic (exact) mass is 439 g/mol. The number of likely N-dealkylation sites (N-methyl/N-ethyl adjacent to an activating group) is 1. The molecular formula is C25H37N5O2. The van der Waals surface area contributed by atoms with Gasteiger partial charge in [-0.05, 0) is 42.9 Å². The molecule has 0 aromatic heterocycles. The average Bonchev–Trinajstić information content (AvgIpc) is 2.81. The third-order valence-corrected chi connectivity index (χ3v) is 5.45. The number of benzene rings is 2. The van der Waals surface area contributed by atoms with Crippen molar-refractivity contribution in [1.29, 1.82) is 0 Å². The Morgan fingerprint density at radius 2 is 1.78 bits per heavy atom. The zero-order valence-corrected chi connectivity index (χ0v) is 19.6. The van der Waals surface area contributed by atoms with Gasteiger partial charge in [0.2, 0.25) is 0 Å². The highest BCUT2D eigenvalue weighted by Gasteiger charge is 2.12. The molecule has 2 aromatic carbocycles. The molecule has 0 aliphatic carbocycles. The summed E-state index contributed by atoms with van der Waals surface area (Å²) in [5.74, 6) is 1.68. The van der Waals surface area contributed by atoms with Gasteiger partial charge in [0.05, 0.1) is 13.2 Å². The Balaban J connectivity index is 1.49. The maximum atomic E-state index is 5.84. The first-order chi connectivity index (χ1) is 15.6. The van der Waals surface area contributed by atoms with Crippen LogP contribution in [0.2, 0.25) is 0 Å². The minimum atomic E-state index is 0.678.